The van der Waals surface area contributed by atoms with E-state index in [2.05, 4.69) is 5.32 Å². The fourth-order valence-electron chi connectivity index (χ4n) is 1.53. The lowest BCUT2D eigenvalue weighted by Crippen LogP contribution is -2.18. The second-order valence-corrected chi connectivity index (χ2v) is 2.94. The maximum atomic E-state index is 11.5. The molecule has 0 atom stereocenters. The van der Waals surface area contributed by atoms with Crippen LogP contribution in [-0.2, 0) is 0 Å². The first-order chi connectivity index (χ1) is 6.33. The molecule has 1 aromatic carbocycles. The van der Waals surface area contributed by atoms with Crippen molar-refractivity contribution in [2.24, 2.45) is 0 Å². The summed E-state index contributed by atoms with van der Waals surface area (Å²) in [7, 11) is 0. The minimum atomic E-state index is 0.0610. The van der Waals surface area contributed by atoms with Gasteiger partial charge >= 0.3 is 0 Å². The standard InChI is InChI=1S/C10H8N2O/c11-6-7-2-1-3-8-10(7)9(13)4-5-12-8/h1-3,12H,4-5H2. The number of hydrogen-bond acceptors (Lipinski definition) is 3. The van der Waals surface area contributed by atoms with E-state index < -0.39 is 0 Å². The topological polar surface area (TPSA) is 52.9 Å². The summed E-state index contributed by atoms with van der Waals surface area (Å²) in [4.78, 5) is 11.5. The lowest BCUT2D eigenvalue weighted by Gasteiger charge is -2.17. The van der Waals surface area contributed by atoms with E-state index in [1.165, 1.54) is 0 Å². The molecule has 1 aromatic rings. The first-order valence-electron chi connectivity index (χ1n) is 4.13. The second-order valence-electron chi connectivity index (χ2n) is 2.94. The number of benzene rings is 1. The van der Waals surface area contributed by atoms with E-state index in [0.29, 0.717) is 24.1 Å². The molecule has 0 fully saturated rings. The summed E-state index contributed by atoms with van der Waals surface area (Å²) in [5.74, 6) is 0.0610. The Morgan fingerprint density at radius 1 is 1.46 bits per heavy atom. The zero-order chi connectivity index (χ0) is 9.26. The van der Waals surface area contributed by atoms with Gasteiger partial charge in [0.05, 0.1) is 17.2 Å². The summed E-state index contributed by atoms with van der Waals surface area (Å²) in [5.41, 5.74) is 1.81. The Morgan fingerprint density at radius 3 is 3.08 bits per heavy atom. The molecule has 64 valence electrons. The van der Waals surface area contributed by atoms with Gasteiger partial charge in [-0.3, -0.25) is 4.79 Å². The molecule has 1 aliphatic heterocycles. The van der Waals surface area contributed by atoms with Gasteiger partial charge in [-0.05, 0) is 12.1 Å². The minimum absolute atomic E-state index is 0.0610. The van der Waals surface area contributed by atoms with Gasteiger partial charge in [-0.1, -0.05) is 6.07 Å². The minimum Gasteiger partial charge on any atom is -0.384 e. The van der Waals surface area contributed by atoms with Crippen LogP contribution >= 0.6 is 0 Å². The SMILES string of the molecule is N#Cc1cccc2c1C(=O)CCN2. The highest BCUT2D eigenvalue weighted by atomic mass is 16.1. The highest BCUT2D eigenvalue weighted by Crippen LogP contribution is 2.24. The molecule has 0 radical (unpaired) electrons. The predicted molar refractivity (Wildman–Crippen MR) is 48.6 cm³/mol. The highest BCUT2D eigenvalue weighted by Gasteiger charge is 2.19. The van der Waals surface area contributed by atoms with Gasteiger partial charge in [0.2, 0.25) is 0 Å². The Balaban J connectivity index is 2.65. The van der Waals surface area contributed by atoms with Crippen LogP contribution in [0.15, 0.2) is 18.2 Å². The van der Waals surface area contributed by atoms with Crippen molar-refractivity contribution in [3.05, 3.63) is 29.3 Å². The summed E-state index contributed by atoms with van der Waals surface area (Å²) >= 11 is 0. The number of hydrogen-bond donors (Lipinski definition) is 1. The van der Waals surface area contributed by atoms with Gasteiger partial charge in [0.25, 0.3) is 0 Å². The van der Waals surface area contributed by atoms with Crippen molar-refractivity contribution in [3.8, 4) is 6.07 Å². The second kappa shape index (κ2) is 2.91. The number of nitrogens with zero attached hydrogens (tertiary/aromatic N) is 1. The fourth-order valence-corrected chi connectivity index (χ4v) is 1.53. The zero-order valence-corrected chi connectivity index (χ0v) is 7.00. The van der Waals surface area contributed by atoms with Gasteiger partial charge in [-0.15, -0.1) is 0 Å². The first-order valence-corrected chi connectivity index (χ1v) is 4.13. The van der Waals surface area contributed by atoms with Crippen LogP contribution in [0.3, 0.4) is 0 Å². The van der Waals surface area contributed by atoms with Gasteiger partial charge in [0.15, 0.2) is 5.78 Å². The smallest absolute Gasteiger partial charge is 0.168 e. The number of rotatable bonds is 0. The normalized spacial score (nSPS) is 14.2. The summed E-state index contributed by atoms with van der Waals surface area (Å²) in [6.45, 7) is 0.667. The van der Waals surface area contributed by atoms with Crippen molar-refractivity contribution in [1.29, 1.82) is 5.26 Å². The van der Waals surface area contributed by atoms with Crippen LogP contribution in [0.25, 0.3) is 0 Å². The van der Waals surface area contributed by atoms with Gasteiger partial charge in [0.1, 0.15) is 0 Å². The molecule has 0 spiro atoms. The number of anilines is 1. The number of carbonyl (C=O) groups excluding carboxylic acids is 1. The summed E-state index contributed by atoms with van der Waals surface area (Å²) in [5, 5.41) is 11.9. The number of nitriles is 1. The molecule has 0 bridgehead atoms. The third-order valence-corrected chi connectivity index (χ3v) is 2.13. The molecule has 1 N–H and O–H groups in total. The maximum Gasteiger partial charge on any atom is 0.168 e. The third kappa shape index (κ3) is 1.17. The van der Waals surface area contributed by atoms with Crippen LogP contribution in [0.4, 0.5) is 5.69 Å². The monoisotopic (exact) mass is 172 g/mol. The molecule has 0 saturated heterocycles. The third-order valence-electron chi connectivity index (χ3n) is 2.13. The van der Waals surface area contributed by atoms with Crippen molar-refractivity contribution >= 4 is 11.5 Å². The van der Waals surface area contributed by atoms with Gasteiger partial charge in [-0.25, -0.2) is 0 Å². The predicted octanol–water partition coefficient (Wildman–Crippen LogP) is 1.56. The van der Waals surface area contributed by atoms with Crippen molar-refractivity contribution in [2.45, 2.75) is 6.42 Å². The molecule has 2 rings (SSSR count). The molecule has 3 heteroatoms. The lowest BCUT2D eigenvalue weighted by molar-refractivity contribution is 0.0983. The van der Waals surface area contributed by atoms with Crippen molar-refractivity contribution < 1.29 is 4.79 Å². The van der Waals surface area contributed by atoms with E-state index in [-0.39, 0.29) is 5.78 Å². The van der Waals surface area contributed by atoms with E-state index in [9.17, 15) is 4.79 Å². The number of carbonyl (C=O) groups is 1. The maximum absolute atomic E-state index is 11.5. The van der Waals surface area contributed by atoms with Crippen LogP contribution in [0.2, 0.25) is 0 Å². The molecule has 0 aliphatic carbocycles. The van der Waals surface area contributed by atoms with E-state index >= 15 is 0 Å². The number of fused-ring (bicyclic) bond motifs is 1. The Hall–Kier alpha value is -1.82. The van der Waals surface area contributed by atoms with Crippen molar-refractivity contribution in [2.75, 3.05) is 11.9 Å². The van der Waals surface area contributed by atoms with Crippen molar-refractivity contribution in [1.82, 2.24) is 0 Å². The van der Waals surface area contributed by atoms with E-state index in [0.717, 1.165) is 5.69 Å². The molecule has 1 heterocycles. The van der Waals surface area contributed by atoms with Gasteiger partial charge in [-0.2, -0.15) is 5.26 Å². The van der Waals surface area contributed by atoms with Crippen LogP contribution in [0, 0.1) is 11.3 Å². The summed E-state index contributed by atoms with van der Waals surface area (Å²) < 4.78 is 0. The summed E-state index contributed by atoms with van der Waals surface area (Å²) in [6.07, 6.45) is 0.478. The molecule has 13 heavy (non-hydrogen) atoms. The van der Waals surface area contributed by atoms with Gasteiger partial charge < -0.3 is 5.32 Å². The van der Waals surface area contributed by atoms with E-state index in [4.69, 9.17) is 5.26 Å². The molecular formula is C10H8N2O. The molecular weight excluding hydrogens is 164 g/mol. The van der Waals surface area contributed by atoms with Gasteiger partial charge in [0, 0.05) is 18.7 Å². The molecule has 0 aromatic heterocycles. The highest BCUT2D eigenvalue weighted by molar-refractivity contribution is 6.05. The Morgan fingerprint density at radius 2 is 2.31 bits per heavy atom. The Labute approximate surface area is 76.0 Å². The average molecular weight is 172 g/mol. The van der Waals surface area contributed by atoms with E-state index in [1.54, 1.807) is 12.1 Å². The van der Waals surface area contributed by atoms with Crippen LogP contribution in [-0.4, -0.2) is 12.3 Å². The molecule has 0 unspecified atom stereocenters. The molecule has 0 saturated carbocycles. The largest absolute Gasteiger partial charge is 0.384 e. The molecule has 3 nitrogen and oxygen atoms in total. The Kier molecular flexibility index (Phi) is 1.75. The van der Waals surface area contributed by atoms with Crippen LogP contribution in [0.1, 0.15) is 22.3 Å². The first kappa shape index (κ1) is 7.81. The number of nitrogens with one attached hydrogen (secondary N) is 1. The van der Waals surface area contributed by atoms with Crippen LogP contribution in [0.5, 0.6) is 0 Å². The van der Waals surface area contributed by atoms with E-state index in [1.807, 2.05) is 12.1 Å². The molecule has 0 amide bonds. The number of Topliss-reactive ketones (excluding diaryl/α,β-unsaturated/α-hetero) is 1. The Bertz CT molecular complexity index is 404. The molecule has 1 aliphatic rings. The average Bonchev–Trinajstić information content (AvgIpc) is 2.17. The fraction of sp³-hybridized carbons (Fsp3) is 0.200. The zero-order valence-electron chi connectivity index (χ0n) is 7.00. The quantitative estimate of drug-likeness (QED) is 0.646. The van der Waals surface area contributed by atoms with Crippen LogP contribution < -0.4 is 5.32 Å². The summed E-state index contributed by atoms with van der Waals surface area (Å²) in [6, 6.07) is 7.30. The van der Waals surface area contributed by atoms with Crippen molar-refractivity contribution in [3.63, 3.8) is 0 Å². The lowest BCUT2D eigenvalue weighted by atomic mass is 9.97. The number of ketones is 1.